The summed E-state index contributed by atoms with van der Waals surface area (Å²) >= 11 is 0. The molecule has 0 saturated carbocycles. The van der Waals surface area contributed by atoms with Crippen molar-refractivity contribution >= 4 is 70.9 Å². The zero-order chi connectivity index (χ0) is 45.7. The van der Waals surface area contributed by atoms with Crippen LogP contribution >= 0.6 is 0 Å². The molecule has 0 atom stereocenters. The van der Waals surface area contributed by atoms with E-state index in [1.807, 2.05) is 0 Å². The zero-order valence-electron chi connectivity index (χ0n) is 37.9. The molecule has 1 nitrogen and oxygen atoms in total. The maximum atomic E-state index is 2.44. The molecule has 0 amide bonds. The van der Waals surface area contributed by atoms with E-state index in [2.05, 4.69) is 278 Å². The van der Waals surface area contributed by atoms with E-state index in [0.29, 0.717) is 0 Å². The van der Waals surface area contributed by atoms with E-state index in [0.717, 1.165) is 28.2 Å². The standard InChI is InChI=1S/C68H45N/c1-3-19-50(20-4-1)67-64-28-12-11-27-61(64)63-44-38-52(45-65(63)68(67)51-21-5-2-6-22-51)59-26-13-14-32-66(59)69(53-39-33-48(34-40-53)56-29-15-23-46-17-7-9-24-55(46)56)54-41-35-49(36-42-54)58-30-16-31-60-57-25-10-8-18-47(57)37-43-62(58)60/h1-45H. The summed E-state index contributed by atoms with van der Waals surface area (Å²) in [7, 11) is 0. The largest absolute Gasteiger partial charge is 0.310 e. The van der Waals surface area contributed by atoms with Crippen molar-refractivity contribution in [1.82, 2.24) is 0 Å². The first-order valence-electron chi connectivity index (χ1n) is 23.8. The van der Waals surface area contributed by atoms with Crippen LogP contribution < -0.4 is 4.90 Å². The number of nitrogens with zero attached hydrogens (tertiary/aromatic N) is 1. The van der Waals surface area contributed by atoms with Crippen LogP contribution in [0, 0.1) is 0 Å². The lowest BCUT2D eigenvalue weighted by Gasteiger charge is -2.28. The molecule has 0 heterocycles. The molecule has 0 aromatic heterocycles. The highest BCUT2D eigenvalue weighted by Crippen LogP contribution is 2.48. The lowest BCUT2D eigenvalue weighted by Crippen LogP contribution is -2.11. The number of para-hydroxylation sites is 1. The van der Waals surface area contributed by atoms with Gasteiger partial charge >= 0.3 is 0 Å². The van der Waals surface area contributed by atoms with Crippen molar-refractivity contribution in [2.24, 2.45) is 0 Å². The second-order valence-electron chi connectivity index (χ2n) is 17.9. The minimum Gasteiger partial charge on any atom is -0.310 e. The average Bonchev–Trinajstić information content (AvgIpc) is 3.43. The van der Waals surface area contributed by atoms with Gasteiger partial charge in [-0.1, -0.05) is 237 Å². The molecule has 0 saturated heterocycles. The molecule has 0 N–H and O–H groups in total. The van der Waals surface area contributed by atoms with E-state index in [4.69, 9.17) is 0 Å². The Morgan fingerprint density at radius 2 is 0.623 bits per heavy atom. The summed E-state index contributed by atoms with van der Waals surface area (Å²) in [5.74, 6) is 0. The van der Waals surface area contributed by atoms with E-state index >= 15 is 0 Å². The summed E-state index contributed by atoms with van der Waals surface area (Å²) in [6.07, 6.45) is 0. The topological polar surface area (TPSA) is 3.24 Å². The van der Waals surface area contributed by atoms with Gasteiger partial charge in [0.15, 0.2) is 0 Å². The molecule has 1 heteroatoms. The summed E-state index contributed by atoms with van der Waals surface area (Å²) in [4.78, 5) is 2.43. The normalized spacial score (nSPS) is 11.5. The lowest BCUT2D eigenvalue weighted by molar-refractivity contribution is 1.28. The fourth-order valence-electron chi connectivity index (χ4n) is 10.9. The lowest BCUT2D eigenvalue weighted by atomic mass is 9.84. The Morgan fingerprint density at radius 3 is 1.30 bits per heavy atom. The molecule has 0 spiro atoms. The molecule has 0 unspecified atom stereocenters. The predicted octanol–water partition coefficient (Wildman–Crippen LogP) is 19.3. The first-order chi connectivity index (χ1) is 34.2. The van der Waals surface area contributed by atoms with Crippen LogP contribution in [0.3, 0.4) is 0 Å². The SMILES string of the molecule is c1ccc(-c2c(-c3ccccc3)c3cc(-c4ccccc4N(c4ccc(-c5cccc6ccccc56)cc4)c4ccc(-c5cccc6c5ccc5ccccc56)cc4)ccc3c3ccccc23)cc1. The Labute approximate surface area is 402 Å². The highest BCUT2D eigenvalue weighted by molar-refractivity contribution is 6.22. The number of benzene rings is 13. The van der Waals surface area contributed by atoms with Gasteiger partial charge in [0.2, 0.25) is 0 Å². The van der Waals surface area contributed by atoms with Crippen molar-refractivity contribution in [3.05, 3.63) is 273 Å². The Morgan fingerprint density at radius 1 is 0.203 bits per heavy atom. The Kier molecular flexibility index (Phi) is 9.91. The van der Waals surface area contributed by atoms with Gasteiger partial charge in [0, 0.05) is 16.9 Å². The van der Waals surface area contributed by atoms with Crippen LogP contribution in [0.1, 0.15) is 0 Å². The molecule has 13 aromatic carbocycles. The summed E-state index contributed by atoms with van der Waals surface area (Å²) in [5.41, 5.74) is 15.3. The van der Waals surface area contributed by atoms with Crippen LogP contribution in [0.4, 0.5) is 17.1 Å². The molecule has 0 bridgehead atoms. The Bertz CT molecular complexity index is 4040. The van der Waals surface area contributed by atoms with Gasteiger partial charge < -0.3 is 4.90 Å². The minimum absolute atomic E-state index is 1.08. The van der Waals surface area contributed by atoms with Crippen molar-refractivity contribution < 1.29 is 0 Å². The van der Waals surface area contributed by atoms with Crippen LogP contribution in [0.25, 0.3) is 109 Å². The molecule has 0 fully saturated rings. The molecule has 0 aliphatic rings. The highest BCUT2D eigenvalue weighted by Gasteiger charge is 2.22. The van der Waals surface area contributed by atoms with Crippen molar-refractivity contribution in [1.29, 1.82) is 0 Å². The van der Waals surface area contributed by atoms with E-state index in [1.165, 1.54) is 98.4 Å². The third-order valence-corrected chi connectivity index (χ3v) is 14.1. The zero-order valence-corrected chi connectivity index (χ0v) is 37.9. The molecule has 0 aliphatic carbocycles. The third-order valence-electron chi connectivity index (χ3n) is 14.1. The van der Waals surface area contributed by atoms with E-state index in [-0.39, 0.29) is 0 Å². The maximum Gasteiger partial charge on any atom is 0.0540 e. The number of hydrogen-bond donors (Lipinski definition) is 0. The van der Waals surface area contributed by atoms with Gasteiger partial charge in [0.25, 0.3) is 0 Å². The smallest absolute Gasteiger partial charge is 0.0540 e. The molecule has 0 aliphatic heterocycles. The van der Waals surface area contributed by atoms with Crippen molar-refractivity contribution in [2.45, 2.75) is 0 Å². The van der Waals surface area contributed by atoms with Gasteiger partial charge in [-0.05, 0) is 140 Å². The van der Waals surface area contributed by atoms with Gasteiger partial charge in [-0.25, -0.2) is 0 Å². The van der Waals surface area contributed by atoms with Crippen LogP contribution in [0.15, 0.2) is 273 Å². The summed E-state index contributed by atoms with van der Waals surface area (Å²) in [5, 5.41) is 12.5. The van der Waals surface area contributed by atoms with Gasteiger partial charge in [0.1, 0.15) is 0 Å². The maximum absolute atomic E-state index is 2.44. The fourth-order valence-corrected chi connectivity index (χ4v) is 10.9. The molecule has 13 rings (SSSR count). The summed E-state index contributed by atoms with van der Waals surface area (Å²) in [6.45, 7) is 0. The van der Waals surface area contributed by atoms with Gasteiger partial charge in [-0.3, -0.25) is 0 Å². The predicted molar refractivity (Wildman–Crippen MR) is 296 cm³/mol. The second kappa shape index (κ2) is 17.0. The summed E-state index contributed by atoms with van der Waals surface area (Å²) in [6, 6.07) is 100. The minimum atomic E-state index is 1.08. The molecular formula is C68H45N. The first kappa shape index (κ1) is 40.3. The van der Waals surface area contributed by atoms with Crippen molar-refractivity contribution in [2.75, 3.05) is 4.90 Å². The molecular weight excluding hydrogens is 831 g/mol. The monoisotopic (exact) mass is 875 g/mol. The van der Waals surface area contributed by atoms with E-state index < -0.39 is 0 Å². The van der Waals surface area contributed by atoms with Crippen LogP contribution in [-0.2, 0) is 0 Å². The van der Waals surface area contributed by atoms with Gasteiger partial charge in [0.05, 0.1) is 5.69 Å². The second-order valence-corrected chi connectivity index (χ2v) is 17.9. The van der Waals surface area contributed by atoms with Gasteiger partial charge in [-0.2, -0.15) is 0 Å². The molecule has 13 aromatic rings. The number of hydrogen-bond acceptors (Lipinski definition) is 1. The Balaban J connectivity index is 1.00. The third kappa shape index (κ3) is 7.03. The van der Waals surface area contributed by atoms with Crippen LogP contribution in [0.5, 0.6) is 0 Å². The van der Waals surface area contributed by atoms with Crippen LogP contribution in [0.2, 0.25) is 0 Å². The highest BCUT2D eigenvalue weighted by atomic mass is 15.1. The molecule has 322 valence electrons. The number of rotatable bonds is 8. The molecule has 0 radical (unpaired) electrons. The molecule has 69 heavy (non-hydrogen) atoms. The van der Waals surface area contributed by atoms with E-state index in [9.17, 15) is 0 Å². The number of anilines is 3. The Hall–Kier alpha value is -9.04. The average molecular weight is 876 g/mol. The fraction of sp³-hybridized carbons (Fsp3) is 0. The number of fused-ring (bicyclic) bond motifs is 7. The van der Waals surface area contributed by atoms with Crippen LogP contribution in [-0.4, -0.2) is 0 Å². The van der Waals surface area contributed by atoms with Crippen molar-refractivity contribution in [3.63, 3.8) is 0 Å². The van der Waals surface area contributed by atoms with Gasteiger partial charge in [-0.15, -0.1) is 0 Å². The van der Waals surface area contributed by atoms with E-state index in [1.54, 1.807) is 0 Å². The quantitative estimate of drug-likeness (QED) is 0.138. The summed E-state index contributed by atoms with van der Waals surface area (Å²) < 4.78 is 0. The van der Waals surface area contributed by atoms with Crippen molar-refractivity contribution in [3.8, 4) is 55.6 Å². The first-order valence-corrected chi connectivity index (χ1v) is 23.8.